The van der Waals surface area contributed by atoms with Gasteiger partial charge >= 0.3 is 0 Å². The van der Waals surface area contributed by atoms with Crippen LogP contribution in [0.1, 0.15) is 18.9 Å². The van der Waals surface area contributed by atoms with Crippen molar-refractivity contribution in [3.8, 4) is 0 Å². The average Bonchev–Trinajstić information content (AvgIpc) is 2.10. The van der Waals surface area contributed by atoms with Crippen molar-refractivity contribution in [1.29, 1.82) is 0 Å². The van der Waals surface area contributed by atoms with Gasteiger partial charge in [-0.3, -0.25) is 0 Å². The minimum atomic E-state index is 0.949. The molecule has 0 saturated carbocycles. The van der Waals surface area contributed by atoms with E-state index in [2.05, 4.69) is 52.9 Å². The lowest BCUT2D eigenvalue weighted by atomic mass is 10.2. The van der Waals surface area contributed by atoms with Gasteiger partial charge in [-0.1, -0.05) is 27.6 Å². The molecule has 1 nitrogen and oxygen atoms in total. The van der Waals surface area contributed by atoms with Gasteiger partial charge in [-0.15, -0.1) is 6.58 Å². The van der Waals surface area contributed by atoms with Gasteiger partial charge in [0.2, 0.25) is 0 Å². The fourth-order valence-corrected chi connectivity index (χ4v) is 1.50. The van der Waals surface area contributed by atoms with Crippen LogP contribution < -0.4 is 5.32 Å². The molecule has 1 aromatic carbocycles. The van der Waals surface area contributed by atoms with Crippen LogP contribution in [-0.4, -0.2) is 6.54 Å². The number of anilines is 1. The Bertz CT molecular complexity index is 331. The van der Waals surface area contributed by atoms with Crippen LogP contribution >= 0.6 is 15.9 Å². The Morgan fingerprint density at radius 2 is 2.21 bits per heavy atom. The quantitative estimate of drug-likeness (QED) is 0.796. The summed E-state index contributed by atoms with van der Waals surface area (Å²) in [5.41, 5.74) is 3.63. The summed E-state index contributed by atoms with van der Waals surface area (Å²) in [4.78, 5) is 0. The second-order valence-electron chi connectivity index (χ2n) is 3.60. The van der Waals surface area contributed by atoms with Crippen LogP contribution in [0.3, 0.4) is 0 Å². The first-order chi connectivity index (χ1) is 6.59. The molecule has 0 heterocycles. The van der Waals surface area contributed by atoms with Gasteiger partial charge in [-0.2, -0.15) is 0 Å². The molecule has 0 fully saturated rings. The Kier molecular flexibility index (Phi) is 4.21. The largest absolute Gasteiger partial charge is 0.385 e. The van der Waals surface area contributed by atoms with E-state index in [0.717, 1.165) is 23.1 Å². The Morgan fingerprint density at radius 1 is 1.50 bits per heavy atom. The zero-order valence-corrected chi connectivity index (χ0v) is 10.3. The zero-order valence-electron chi connectivity index (χ0n) is 8.73. The predicted molar refractivity (Wildman–Crippen MR) is 66.8 cm³/mol. The van der Waals surface area contributed by atoms with Crippen LogP contribution in [-0.2, 0) is 0 Å². The van der Waals surface area contributed by atoms with Crippen molar-refractivity contribution in [2.45, 2.75) is 20.3 Å². The monoisotopic (exact) mass is 253 g/mol. The molecule has 0 aromatic heterocycles. The second-order valence-corrected chi connectivity index (χ2v) is 4.45. The van der Waals surface area contributed by atoms with Gasteiger partial charge < -0.3 is 5.32 Å². The van der Waals surface area contributed by atoms with E-state index in [1.165, 1.54) is 11.1 Å². The fourth-order valence-electron chi connectivity index (χ4n) is 1.12. The molecule has 0 unspecified atom stereocenters. The third kappa shape index (κ3) is 3.54. The first-order valence-electron chi connectivity index (χ1n) is 4.74. The van der Waals surface area contributed by atoms with Gasteiger partial charge in [-0.25, -0.2) is 0 Å². The summed E-state index contributed by atoms with van der Waals surface area (Å²) in [5.74, 6) is 0. The summed E-state index contributed by atoms with van der Waals surface area (Å²) < 4.78 is 1.15. The van der Waals surface area contributed by atoms with Crippen molar-refractivity contribution < 1.29 is 0 Å². The molecular formula is C12H16BrN. The van der Waals surface area contributed by atoms with Crippen molar-refractivity contribution >= 4 is 21.6 Å². The van der Waals surface area contributed by atoms with E-state index in [9.17, 15) is 0 Å². The van der Waals surface area contributed by atoms with E-state index in [0.29, 0.717) is 0 Å². The number of halogens is 1. The molecule has 0 atom stereocenters. The normalized spacial score (nSPS) is 9.93. The highest BCUT2D eigenvalue weighted by Crippen LogP contribution is 2.20. The highest BCUT2D eigenvalue weighted by atomic mass is 79.9. The molecule has 14 heavy (non-hydrogen) atoms. The third-order valence-corrected chi connectivity index (χ3v) is 2.91. The number of hydrogen-bond acceptors (Lipinski definition) is 1. The molecule has 1 N–H and O–H groups in total. The molecule has 0 spiro atoms. The summed E-state index contributed by atoms with van der Waals surface area (Å²) in [7, 11) is 0. The van der Waals surface area contributed by atoms with Crippen LogP contribution in [0.15, 0.2) is 34.8 Å². The van der Waals surface area contributed by atoms with E-state index >= 15 is 0 Å². The minimum absolute atomic E-state index is 0.949. The van der Waals surface area contributed by atoms with Gasteiger partial charge in [0.15, 0.2) is 0 Å². The number of aryl methyl sites for hydroxylation is 1. The Hall–Kier alpha value is -0.760. The molecule has 0 amide bonds. The first kappa shape index (κ1) is 11.3. The predicted octanol–water partition coefficient (Wildman–Crippen LogP) is 4.14. The number of rotatable bonds is 4. The van der Waals surface area contributed by atoms with E-state index < -0.39 is 0 Å². The molecule has 1 rings (SSSR count). The molecule has 0 aliphatic heterocycles. The van der Waals surface area contributed by atoms with Crippen LogP contribution in [0.5, 0.6) is 0 Å². The van der Waals surface area contributed by atoms with Crippen LogP contribution in [0.25, 0.3) is 0 Å². The summed E-state index contributed by atoms with van der Waals surface area (Å²) in [6, 6.07) is 6.31. The van der Waals surface area contributed by atoms with Crippen molar-refractivity contribution in [3.63, 3.8) is 0 Å². The van der Waals surface area contributed by atoms with Crippen LogP contribution in [0.4, 0.5) is 5.69 Å². The van der Waals surface area contributed by atoms with Crippen molar-refractivity contribution in [3.05, 3.63) is 40.4 Å². The third-order valence-electron chi connectivity index (χ3n) is 2.05. The van der Waals surface area contributed by atoms with Crippen molar-refractivity contribution in [2.24, 2.45) is 0 Å². The van der Waals surface area contributed by atoms with Gasteiger partial charge in [0.05, 0.1) is 0 Å². The maximum atomic E-state index is 3.87. The maximum Gasteiger partial charge on any atom is 0.0351 e. The second kappa shape index (κ2) is 5.20. The van der Waals surface area contributed by atoms with Crippen molar-refractivity contribution in [1.82, 2.24) is 0 Å². The van der Waals surface area contributed by atoms with Crippen LogP contribution in [0.2, 0.25) is 0 Å². The lowest BCUT2D eigenvalue weighted by molar-refractivity contribution is 1.00. The molecule has 76 valence electrons. The summed E-state index contributed by atoms with van der Waals surface area (Å²) >= 11 is 3.51. The standard InChI is InChI=1S/C12H16BrN/c1-9(2)6-7-14-11-5-4-10(3)12(13)8-11/h4-5,8,14H,1,6-7H2,2-3H3. The SMILES string of the molecule is C=C(C)CCNc1ccc(C)c(Br)c1. The Labute approximate surface area is 94.3 Å². The fraction of sp³-hybridized carbons (Fsp3) is 0.333. The van der Waals surface area contributed by atoms with Gasteiger partial charge in [-0.05, 0) is 38.0 Å². The van der Waals surface area contributed by atoms with Crippen LogP contribution in [0, 0.1) is 6.92 Å². The Balaban J connectivity index is 2.51. The smallest absolute Gasteiger partial charge is 0.0351 e. The molecule has 1 aromatic rings. The van der Waals surface area contributed by atoms with E-state index in [1.54, 1.807) is 0 Å². The summed E-state index contributed by atoms with van der Waals surface area (Å²) in [6.45, 7) is 8.95. The molecule has 0 aliphatic carbocycles. The van der Waals surface area contributed by atoms with E-state index in [1.807, 2.05) is 6.92 Å². The molecule has 0 bridgehead atoms. The van der Waals surface area contributed by atoms with Gasteiger partial charge in [0, 0.05) is 16.7 Å². The number of hydrogen-bond donors (Lipinski definition) is 1. The molecule has 2 heteroatoms. The highest BCUT2D eigenvalue weighted by molar-refractivity contribution is 9.10. The van der Waals surface area contributed by atoms with Gasteiger partial charge in [0.1, 0.15) is 0 Å². The molecular weight excluding hydrogens is 238 g/mol. The number of nitrogens with one attached hydrogen (secondary N) is 1. The van der Waals surface area contributed by atoms with Gasteiger partial charge in [0.25, 0.3) is 0 Å². The van der Waals surface area contributed by atoms with E-state index in [4.69, 9.17) is 0 Å². The topological polar surface area (TPSA) is 12.0 Å². The summed E-state index contributed by atoms with van der Waals surface area (Å²) in [6.07, 6.45) is 1.02. The number of benzene rings is 1. The molecule has 0 saturated heterocycles. The van der Waals surface area contributed by atoms with Crippen molar-refractivity contribution in [2.75, 3.05) is 11.9 Å². The Morgan fingerprint density at radius 3 is 2.79 bits per heavy atom. The lowest BCUT2D eigenvalue weighted by Crippen LogP contribution is -2.01. The highest BCUT2D eigenvalue weighted by Gasteiger charge is 1.96. The minimum Gasteiger partial charge on any atom is -0.385 e. The average molecular weight is 254 g/mol. The molecule has 0 radical (unpaired) electrons. The van der Waals surface area contributed by atoms with E-state index in [-0.39, 0.29) is 0 Å². The molecule has 0 aliphatic rings. The first-order valence-corrected chi connectivity index (χ1v) is 5.53. The summed E-state index contributed by atoms with van der Waals surface area (Å²) in [5, 5.41) is 3.35. The zero-order chi connectivity index (χ0) is 10.6. The maximum absolute atomic E-state index is 3.87. The lowest BCUT2D eigenvalue weighted by Gasteiger charge is -2.07.